The largest absolute Gasteiger partial charge is 0.508 e. The minimum Gasteiger partial charge on any atom is -0.508 e. The Kier molecular flexibility index (Phi) is 11.3. The molecule has 12 nitrogen and oxygen atoms in total. The summed E-state index contributed by atoms with van der Waals surface area (Å²) in [5.74, 6) is -0.821. The van der Waals surface area contributed by atoms with Gasteiger partial charge in [0.2, 0.25) is 0 Å². The van der Waals surface area contributed by atoms with Crippen LogP contribution in [0.25, 0.3) is 27.6 Å². The van der Waals surface area contributed by atoms with Crippen molar-refractivity contribution in [2.45, 2.75) is 117 Å². The van der Waals surface area contributed by atoms with Crippen LogP contribution in [-0.4, -0.2) is 82.9 Å². The number of aliphatic imine (C=N–C) groups is 1. The van der Waals surface area contributed by atoms with Crippen molar-refractivity contribution in [3.8, 4) is 16.9 Å². The molecule has 6 bridgehead atoms. The molecule has 3 aromatic rings. The van der Waals surface area contributed by atoms with Crippen LogP contribution < -0.4 is 10.7 Å². The van der Waals surface area contributed by atoms with E-state index in [0.29, 0.717) is 31.4 Å². The van der Waals surface area contributed by atoms with Gasteiger partial charge in [0.1, 0.15) is 23.4 Å². The zero-order valence-electron chi connectivity index (χ0n) is 32.9. The molecule has 0 aliphatic carbocycles. The smallest absolute Gasteiger partial charge is 0.408 e. The van der Waals surface area contributed by atoms with Crippen LogP contribution in [0.5, 0.6) is 5.75 Å². The summed E-state index contributed by atoms with van der Waals surface area (Å²) in [6, 6.07) is 9.82. The number of rotatable bonds is 5. The highest BCUT2D eigenvalue weighted by molar-refractivity contribution is 5.95. The van der Waals surface area contributed by atoms with Crippen LogP contribution in [0.1, 0.15) is 91.0 Å². The first-order valence-electron chi connectivity index (χ1n) is 19.1. The van der Waals surface area contributed by atoms with Gasteiger partial charge < -0.3 is 29.2 Å². The average Bonchev–Trinajstić information content (AvgIpc) is 3.43. The van der Waals surface area contributed by atoms with Crippen LogP contribution in [0.2, 0.25) is 0 Å². The van der Waals surface area contributed by atoms with Crippen molar-refractivity contribution in [3.05, 3.63) is 58.9 Å². The zero-order valence-corrected chi connectivity index (χ0v) is 32.9. The summed E-state index contributed by atoms with van der Waals surface area (Å²) in [6.07, 6.45) is 4.39. The Morgan fingerprint density at radius 3 is 2.67 bits per heavy atom. The van der Waals surface area contributed by atoms with Crippen molar-refractivity contribution in [3.63, 3.8) is 0 Å². The number of carbonyl (C=O) groups is 3. The number of aromatic hydroxyl groups is 1. The average molecular weight is 742 g/mol. The number of ether oxygens (including phenoxy) is 3. The maximum absolute atomic E-state index is 14.1. The van der Waals surface area contributed by atoms with Crippen molar-refractivity contribution in [2.75, 3.05) is 20.3 Å². The number of phenolic OH excluding ortho intramolecular Hbond substituents is 1. The van der Waals surface area contributed by atoms with Crippen molar-refractivity contribution in [1.82, 2.24) is 20.3 Å². The minimum atomic E-state index is -1.06. The van der Waals surface area contributed by atoms with E-state index in [1.807, 2.05) is 19.2 Å². The highest BCUT2D eigenvalue weighted by Gasteiger charge is 2.36. The molecule has 3 aliphatic rings. The van der Waals surface area contributed by atoms with E-state index < -0.39 is 41.1 Å². The molecule has 290 valence electrons. The molecule has 1 aromatic heterocycles. The van der Waals surface area contributed by atoms with E-state index in [2.05, 4.69) is 54.3 Å². The van der Waals surface area contributed by atoms with Gasteiger partial charge >= 0.3 is 12.1 Å². The van der Waals surface area contributed by atoms with E-state index in [0.717, 1.165) is 63.9 Å². The molecule has 4 heterocycles. The van der Waals surface area contributed by atoms with E-state index in [1.54, 1.807) is 40.0 Å². The number of cyclic esters (lactones) is 1. The maximum Gasteiger partial charge on any atom is 0.408 e. The second-order valence-electron chi connectivity index (χ2n) is 16.4. The molecular weight excluding hydrogens is 686 g/mol. The molecule has 0 unspecified atom stereocenters. The molecule has 2 amide bonds. The number of benzene rings is 2. The number of allylic oxidation sites excluding steroid dienone is 1. The lowest BCUT2D eigenvalue weighted by Crippen LogP contribution is -2.60. The highest BCUT2D eigenvalue weighted by Crippen LogP contribution is 2.42. The predicted octanol–water partition coefficient (Wildman–Crippen LogP) is 6.70. The number of hydrogen-bond acceptors (Lipinski definition) is 9. The Hall–Kier alpha value is -4.68. The number of alkyl carbamates (subject to hydrolysis) is 1. The number of phenols is 1. The van der Waals surface area contributed by atoms with Gasteiger partial charge in [0.15, 0.2) is 0 Å². The van der Waals surface area contributed by atoms with E-state index in [4.69, 9.17) is 19.2 Å². The van der Waals surface area contributed by atoms with Crippen LogP contribution >= 0.6 is 0 Å². The topological polar surface area (TPSA) is 144 Å². The summed E-state index contributed by atoms with van der Waals surface area (Å²) >= 11 is 0. The normalized spacial score (nSPS) is 21.4. The van der Waals surface area contributed by atoms with E-state index >= 15 is 0 Å². The number of fused-ring (bicyclic) bond motifs is 6. The van der Waals surface area contributed by atoms with E-state index in [1.165, 1.54) is 5.01 Å². The van der Waals surface area contributed by atoms with Crippen LogP contribution in [0.4, 0.5) is 4.79 Å². The van der Waals surface area contributed by atoms with Crippen molar-refractivity contribution in [2.24, 2.45) is 10.4 Å². The summed E-state index contributed by atoms with van der Waals surface area (Å²) in [7, 11) is 1.70. The third-order valence-electron chi connectivity index (χ3n) is 10.3. The molecule has 1 fully saturated rings. The molecule has 3 N–H and O–H groups in total. The van der Waals surface area contributed by atoms with E-state index in [-0.39, 0.29) is 24.9 Å². The summed E-state index contributed by atoms with van der Waals surface area (Å²) < 4.78 is 19.7. The lowest BCUT2D eigenvalue weighted by atomic mass is 9.83. The number of aryl methyl sites for hydroxylation is 1. The standard InChI is InChI=1S/C42H55N5O7/c1-9-46-35-15-14-27-22-31(35)32(37(46)30-12-10-16-43-36(30)25(2)52-8)23-42(6,7)24-53-39(50)33-13-11-17-47(45-33)38(49)34(44-40(51)54-41(3,4)5)20-26-18-28(27)21-29(48)19-26/h14-16,18-19,21-22,25,33-34,45,48H,9-13,17,20,23-24H2,1-8H3,(H,44,51)/t25-,33-,34-/m0/s1. The Balaban J connectivity index is 1.53. The lowest BCUT2D eigenvalue weighted by Gasteiger charge is -2.35. The monoisotopic (exact) mass is 741 g/mol. The number of hydrogen-bond donors (Lipinski definition) is 3. The third kappa shape index (κ3) is 8.50. The van der Waals surface area contributed by atoms with Crippen LogP contribution in [0, 0.1) is 5.41 Å². The summed E-state index contributed by atoms with van der Waals surface area (Å²) in [4.78, 5) is 45.7. The number of aromatic nitrogens is 1. The van der Waals surface area contributed by atoms with Crippen molar-refractivity contribution >= 4 is 40.7 Å². The molecule has 2 aromatic carbocycles. The van der Waals surface area contributed by atoms with Gasteiger partial charge in [-0.25, -0.2) is 10.2 Å². The molecule has 6 rings (SSSR count). The molecular formula is C42H55N5O7. The first-order chi connectivity index (χ1) is 25.6. The maximum atomic E-state index is 14.1. The highest BCUT2D eigenvalue weighted by atomic mass is 16.6. The second kappa shape index (κ2) is 15.6. The van der Waals surface area contributed by atoms with Gasteiger partial charge in [-0.05, 0) is 113 Å². The molecule has 0 saturated carbocycles. The fourth-order valence-corrected chi connectivity index (χ4v) is 7.78. The molecule has 3 atom stereocenters. The first kappa shape index (κ1) is 39.0. The van der Waals surface area contributed by atoms with Gasteiger partial charge in [-0.3, -0.25) is 19.6 Å². The van der Waals surface area contributed by atoms with Crippen LogP contribution in [0.15, 0.2) is 47.1 Å². The van der Waals surface area contributed by atoms with Crippen molar-refractivity contribution < 1.29 is 33.7 Å². The van der Waals surface area contributed by atoms with Gasteiger partial charge in [-0.15, -0.1) is 0 Å². The molecule has 54 heavy (non-hydrogen) atoms. The van der Waals surface area contributed by atoms with Gasteiger partial charge in [0.05, 0.1) is 24.1 Å². The van der Waals surface area contributed by atoms with Gasteiger partial charge in [0.25, 0.3) is 5.91 Å². The Labute approximate surface area is 317 Å². The van der Waals surface area contributed by atoms with Gasteiger partial charge in [-0.1, -0.05) is 26.0 Å². The fraction of sp³-hybridized carbons (Fsp3) is 0.524. The van der Waals surface area contributed by atoms with Crippen LogP contribution in [0.3, 0.4) is 0 Å². The van der Waals surface area contributed by atoms with E-state index in [9.17, 15) is 19.5 Å². The van der Waals surface area contributed by atoms with Crippen LogP contribution in [-0.2, 0) is 43.2 Å². The number of hydrazine groups is 1. The number of esters is 1. The Morgan fingerprint density at radius 1 is 1.17 bits per heavy atom. The number of amides is 2. The Morgan fingerprint density at radius 2 is 1.94 bits per heavy atom. The van der Waals surface area contributed by atoms with Gasteiger partial charge in [0, 0.05) is 54.7 Å². The second-order valence-corrected chi connectivity index (χ2v) is 16.4. The number of nitrogens with one attached hydrogen (secondary N) is 2. The fourth-order valence-electron chi connectivity index (χ4n) is 7.78. The third-order valence-corrected chi connectivity index (χ3v) is 10.3. The summed E-state index contributed by atoms with van der Waals surface area (Å²) in [5.41, 5.74) is 9.51. The molecule has 0 spiro atoms. The molecule has 12 heteroatoms. The Bertz CT molecular complexity index is 1990. The summed E-state index contributed by atoms with van der Waals surface area (Å²) in [5, 5.41) is 16.3. The summed E-state index contributed by atoms with van der Waals surface area (Å²) in [6.45, 7) is 14.9. The zero-order chi connectivity index (χ0) is 38.9. The first-order valence-corrected chi connectivity index (χ1v) is 19.1. The van der Waals surface area contributed by atoms with Crippen molar-refractivity contribution in [1.29, 1.82) is 0 Å². The number of methoxy groups -OCH3 is 1. The minimum absolute atomic E-state index is 0.0379. The SMILES string of the molecule is CCn1c(C2=C([C@H](C)OC)N=CCC2)c2c3cc(ccc31)-c1cc(O)cc(c1)C[C@H](NC(=O)OC(C)(C)C)C(=O)N1CCC[C@H](N1)C(=O)OCC(C)(C)C2. The number of carbonyl (C=O) groups excluding carboxylic acids is 3. The quantitative estimate of drug-likeness (QED) is 0.245. The number of nitrogens with zero attached hydrogens (tertiary/aromatic N) is 3. The lowest BCUT2D eigenvalue weighted by molar-refractivity contribution is -0.155. The molecule has 0 radical (unpaired) electrons. The molecule has 3 aliphatic heterocycles. The predicted molar refractivity (Wildman–Crippen MR) is 209 cm³/mol. The molecule has 1 saturated heterocycles. The van der Waals surface area contributed by atoms with Gasteiger partial charge in [-0.2, -0.15) is 0 Å².